The summed E-state index contributed by atoms with van der Waals surface area (Å²) in [6, 6.07) is 11.5. The summed E-state index contributed by atoms with van der Waals surface area (Å²) in [7, 11) is 0. The second kappa shape index (κ2) is 8.87. The number of hydrogen-bond acceptors (Lipinski definition) is 4. The third-order valence-electron chi connectivity index (χ3n) is 3.23. The van der Waals surface area contributed by atoms with Crippen LogP contribution in [0.2, 0.25) is 5.02 Å². The fourth-order valence-electron chi connectivity index (χ4n) is 1.96. The molecule has 0 aliphatic heterocycles. The summed E-state index contributed by atoms with van der Waals surface area (Å²) < 4.78 is 11.2. The van der Waals surface area contributed by atoms with Crippen LogP contribution in [0.25, 0.3) is 0 Å². The predicted octanol–water partition coefficient (Wildman–Crippen LogP) is 4.69. The molecule has 25 heavy (non-hydrogen) atoms. The van der Waals surface area contributed by atoms with Crippen molar-refractivity contribution in [1.29, 1.82) is 0 Å². The normalized spacial score (nSPS) is 11.5. The number of anilines is 1. The van der Waals surface area contributed by atoms with Crippen LogP contribution in [0.3, 0.4) is 0 Å². The van der Waals surface area contributed by atoms with E-state index in [0.717, 1.165) is 0 Å². The summed E-state index contributed by atoms with van der Waals surface area (Å²) in [6.45, 7) is 3.70. The highest BCUT2D eigenvalue weighted by Gasteiger charge is 2.16. The maximum Gasteiger partial charge on any atom is 0.338 e. The van der Waals surface area contributed by atoms with Crippen molar-refractivity contribution in [2.75, 3.05) is 11.9 Å². The first-order chi connectivity index (χ1) is 11.9. The smallest absolute Gasteiger partial charge is 0.338 e. The van der Waals surface area contributed by atoms with Crippen LogP contribution in [-0.2, 0) is 9.53 Å². The lowest BCUT2D eigenvalue weighted by Crippen LogP contribution is -2.30. The molecule has 7 heteroatoms. The molecule has 2 rings (SSSR count). The van der Waals surface area contributed by atoms with E-state index in [1.54, 1.807) is 56.3 Å². The summed E-state index contributed by atoms with van der Waals surface area (Å²) in [5.41, 5.74) is 0.984. The molecule has 0 spiro atoms. The highest BCUT2D eigenvalue weighted by Crippen LogP contribution is 2.28. The van der Waals surface area contributed by atoms with Gasteiger partial charge in [-0.2, -0.15) is 0 Å². The van der Waals surface area contributed by atoms with Crippen molar-refractivity contribution in [3.63, 3.8) is 0 Å². The quantitative estimate of drug-likeness (QED) is 0.681. The van der Waals surface area contributed by atoms with Crippen LogP contribution in [0.4, 0.5) is 5.69 Å². The molecule has 0 heterocycles. The van der Waals surface area contributed by atoms with Crippen molar-refractivity contribution < 1.29 is 19.1 Å². The molecule has 2 aromatic carbocycles. The molecule has 0 saturated heterocycles. The van der Waals surface area contributed by atoms with Crippen LogP contribution in [0.15, 0.2) is 46.9 Å². The van der Waals surface area contributed by atoms with Crippen LogP contribution in [0.1, 0.15) is 24.2 Å². The molecule has 132 valence electrons. The minimum absolute atomic E-state index is 0.312. The summed E-state index contributed by atoms with van der Waals surface area (Å²) >= 11 is 9.22. The topological polar surface area (TPSA) is 64.6 Å². The number of rotatable bonds is 6. The number of carbonyl (C=O) groups is 2. The van der Waals surface area contributed by atoms with Gasteiger partial charge in [-0.05, 0) is 72.2 Å². The molecule has 5 nitrogen and oxygen atoms in total. The molecule has 0 aliphatic carbocycles. The fraction of sp³-hybridized carbons (Fsp3) is 0.222. The van der Waals surface area contributed by atoms with Crippen molar-refractivity contribution in [2.45, 2.75) is 20.0 Å². The van der Waals surface area contributed by atoms with Crippen molar-refractivity contribution >= 4 is 45.1 Å². The van der Waals surface area contributed by atoms with Gasteiger partial charge in [-0.1, -0.05) is 11.6 Å². The van der Waals surface area contributed by atoms with Crippen LogP contribution in [0, 0.1) is 0 Å². The molecule has 1 N–H and O–H groups in total. The average Bonchev–Trinajstić information content (AvgIpc) is 2.58. The van der Waals surface area contributed by atoms with Gasteiger partial charge in [0.05, 0.1) is 16.6 Å². The lowest BCUT2D eigenvalue weighted by Gasteiger charge is -2.16. The van der Waals surface area contributed by atoms with E-state index in [0.29, 0.717) is 33.1 Å². The van der Waals surface area contributed by atoms with Crippen molar-refractivity contribution in [3.8, 4) is 5.75 Å². The van der Waals surface area contributed by atoms with Gasteiger partial charge in [0.15, 0.2) is 6.10 Å². The summed E-state index contributed by atoms with van der Waals surface area (Å²) in [5.74, 6) is -0.194. The molecule has 1 amide bonds. The van der Waals surface area contributed by atoms with E-state index in [1.165, 1.54) is 0 Å². The van der Waals surface area contributed by atoms with Crippen LogP contribution in [-0.4, -0.2) is 24.6 Å². The maximum atomic E-state index is 12.2. The van der Waals surface area contributed by atoms with E-state index in [4.69, 9.17) is 21.1 Å². The van der Waals surface area contributed by atoms with Gasteiger partial charge in [0.25, 0.3) is 5.91 Å². The Labute approximate surface area is 159 Å². The number of esters is 1. The molecule has 0 radical (unpaired) electrons. The Morgan fingerprint density at radius 1 is 1.20 bits per heavy atom. The Hall–Kier alpha value is -2.05. The molecule has 0 saturated carbocycles. The van der Waals surface area contributed by atoms with Crippen molar-refractivity contribution in [2.24, 2.45) is 0 Å². The van der Waals surface area contributed by atoms with E-state index in [-0.39, 0.29) is 5.91 Å². The van der Waals surface area contributed by atoms with E-state index >= 15 is 0 Å². The summed E-state index contributed by atoms with van der Waals surface area (Å²) in [5, 5.41) is 3.30. The zero-order chi connectivity index (χ0) is 18.4. The molecule has 0 aliphatic rings. The SMILES string of the molecule is CCOC(=O)c1ccc(NC(=O)C(C)Oc2ccc(Cl)cc2Br)cc1. The Balaban J connectivity index is 1.97. The summed E-state index contributed by atoms with van der Waals surface area (Å²) in [6.07, 6.45) is -0.720. The van der Waals surface area contributed by atoms with Gasteiger partial charge in [0.2, 0.25) is 0 Å². The van der Waals surface area contributed by atoms with Crippen LogP contribution >= 0.6 is 27.5 Å². The van der Waals surface area contributed by atoms with Gasteiger partial charge < -0.3 is 14.8 Å². The lowest BCUT2D eigenvalue weighted by atomic mass is 10.2. The number of benzene rings is 2. The largest absolute Gasteiger partial charge is 0.480 e. The Bertz CT molecular complexity index is 764. The average molecular weight is 427 g/mol. The van der Waals surface area contributed by atoms with E-state index < -0.39 is 12.1 Å². The van der Waals surface area contributed by atoms with Gasteiger partial charge in [-0.25, -0.2) is 4.79 Å². The van der Waals surface area contributed by atoms with Gasteiger partial charge in [-0.15, -0.1) is 0 Å². The second-order valence-corrected chi connectivity index (χ2v) is 6.41. The van der Waals surface area contributed by atoms with E-state index in [2.05, 4.69) is 21.2 Å². The first-order valence-corrected chi connectivity index (χ1v) is 8.77. The van der Waals surface area contributed by atoms with Crippen LogP contribution in [0.5, 0.6) is 5.75 Å². The van der Waals surface area contributed by atoms with Crippen LogP contribution < -0.4 is 10.1 Å². The molecule has 1 atom stereocenters. The number of carbonyl (C=O) groups excluding carboxylic acids is 2. The maximum absolute atomic E-state index is 12.2. The molecular formula is C18H17BrClNO4. The number of ether oxygens (including phenoxy) is 2. The molecule has 0 bridgehead atoms. The Morgan fingerprint density at radius 3 is 2.48 bits per heavy atom. The minimum Gasteiger partial charge on any atom is -0.480 e. The minimum atomic E-state index is -0.720. The van der Waals surface area contributed by atoms with Gasteiger partial charge >= 0.3 is 5.97 Å². The number of amides is 1. The number of hydrogen-bond donors (Lipinski definition) is 1. The summed E-state index contributed by atoms with van der Waals surface area (Å²) in [4.78, 5) is 23.8. The van der Waals surface area contributed by atoms with E-state index in [9.17, 15) is 9.59 Å². The highest BCUT2D eigenvalue weighted by atomic mass is 79.9. The molecule has 0 aromatic heterocycles. The van der Waals surface area contributed by atoms with Crippen molar-refractivity contribution in [1.82, 2.24) is 0 Å². The lowest BCUT2D eigenvalue weighted by molar-refractivity contribution is -0.122. The van der Waals surface area contributed by atoms with Gasteiger partial charge in [0.1, 0.15) is 5.75 Å². The molecule has 1 unspecified atom stereocenters. The van der Waals surface area contributed by atoms with Gasteiger partial charge in [0, 0.05) is 10.7 Å². The van der Waals surface area contributed by atoms with E-state index in [1.807, 2.05) is 0 Å². The fourth-order valence-corrected chi connectivity index (χ4v) is 2.74. The predicted molar refractivity (Wildman–Crippen MR) is 100 cm³/mol. The van der Waals surface area contributed by atoms with Crippen molar-refractivity contribution in [3.05, 3.63) is 57.5 Å². The Kier molecular flexibility index (Phi) is 6.84. The molecule has 0 fully saturated rings. The second-order valence-electron chi connectivity index (χ2n) is 5.12. The Morgan fingerprint density at radius 2 is 1.88 bits per heavy atom. The third kappa shape index (κ3) is 5.47. The third-order valence-corrected chi connectivity index (χ3v) is 4.09. The number of halogens is 2. The first-order valence-electron chi connectivity index (χ1n) is 7.60. The van der Waals surface area contributed by atoms with Gasteiger partial charge in [-0.3, -0.25) is 4.79 Å². The molecular weight excluding hydrogens is 410 g/mol. The zero-order valence-electron chi connectivity index (χ0n) is 13.7. The zero-order valence-corrected chi connectivity index (χ0v) is 16.1. The molecule has 2 aromatic rings. The standard InChI is InChI=1S/C18H17BrClNO4/c1-3-24-18(23)12-4-7-14(8-5-12)21-17(22)11(2)25-16-9-6-13(20)10-15(16)19/h4-11H,3H2,1-2H3,(H,21,22). The first kappa shape index (κ1) is 19.3. The number of nitrogens with one attached hydrogen (secondary N) is 1. The monoisotopic (exact) mass is 425 g/mol. The highest BCUT2D eigenvalue weighted by molar-refractivity contribution is 9.10.